The van der Waals surface area contributed by atoms with E-state index in [4.69, 9.17) is 43.9 Å². The van der Waals surface area contributed by atoms with E-state index in [1.54, 1.807) is 24.4 Å². The first-order chi connectivity index (χ1) is 19.6. The molecule has 0 radical (unpaired) electrons. The number of aliphatic hydroxyl groups excluding tert-OH is 1. The number of aryl methyl sites for hydroxylation is 1. The fraction of sp³-hybridized carbons (Fsp3) is 0.345. The van der Waals surface area contributed by atoms with Crippen molar-refractivity contribution in [1.82, 2.24) is 10.3 Å². The molecule has 0 aliphatic rings. The van der Waals surface area contributed by atoms with Crippen LogP contribution in [-0.4, -0.2) is 63.7 Å². The predicted molar refractivity (Wildman–Crippen MR) is 160 cm³/mol. The van der Waals surface area contributed by atoms with Crippen LogP contribution >= 0.6 is 23.2 Å². The number of anilines is 1. The number of rotatable bonds is 15. The Morgan fingerprint density at radius 3 is 2.32 bits per heavy atom. The van der Waals surface area contributed by atoms with Crippen LogP contribution in [0.1, 0.15) is 42.9 Å². The van der Waals surface area contributed by atoms with Crippen LogP contribution in [0.25, 0.3) is 10.9 Å². The highest BCUT2D eigenvalue weighted by Gasteiger charge is 2.12. The maximum absolute atomic E-state index is 10.3. The zero-order valence-corrected chi connectivity index (χ0v) is 23.9. The van der Waals surface area contributed by atoms with E-state index in [1.807, 2.05) is 18.2 Å². The fourth-order valence-electron chi connectivity index (χ4n) is 3.83. The molecule has 1 aromatic heterocycles. The second kappa shape index (κ2) is 18.1. The number of unbranched alkanes of at least 4 members (excludes halogenated alkanes) is 2. The number of carboxylic acid groups (broad SMARTS) is 2. The third kappa shape index (κ3) is 12.3. The lowest BCUT2D eigenvalue weighted by molar-refractivity contribution is -0.134. The number of hydrogen-bond acceptors (Lipinski definition) is 8. The number of nitrogens with two attached hydrogens (primary N) is 1. The number of carbonyl (C=O) groups is 2. The number of aliphatic carboxylic acids is 2. The molecule has 0 fully saturated rings. The van der Waals surface area contributed by atoms with Crippen LogP contribution in [0.3, 0.4) is 0 Å². The van der Waals surface area contributed by atoms with Crippen molar-refractivity contribution in [3.63, 3.8) is 0 Å². The van der Waals surface area contributed by atoms with E-state index in [-0.39, 0.29) is 5.75 Å². The Hall–Kier alpha value is -3.41. The number of aromatic nitrogens is 1. The van der Waals surface area contributed by atoms with Gasteiger partial charge >= 0.3 is 11.9 Å². The number of carboxylic acids is 2. The average molecular weight is 609 g/mol. The van der Waals surface area contributed by atoms with E-state index in [0.29, 0.717) is 52.1 Å². The molecule has 41 heavy (non-hydrogen) atoms. The number of ether oxygens (including phenoxy) is 1. The van der Waals surface area contributed by atoms with Crippen LogP contribution in [0.2, 0.25) is 10.0 Å². The number of aliphatic hydroxyl groups is 1. The van der Waals surface area contributed by atoms with E-state index in [0.717, 1.165) is 50.6 Å². The standard InChI is InChI=1S/C25H31Cl2N3O3.C4H4O4/c26-20-14-18(15-21(27)24(20)28)23(32)16-29-10-2-1-3-12-33-13-5-6-17-8-9-22(31)25-19(17)7-4-11-30-25;5-3(6)1-2-4(7)8/h4,7-9,11,14-15,23,29,31-32H,1-3,5-6,10,12-13,16,28H2;1-2H,(H,5,6)(H,7,8)/b;2-1+. The highest BCUT2D eigenvalue weighted by atomic mass is 35.5. The van der Waals surface area contributed by atoms with Crippen molar-refractivity contribution in [1.29, 1.82) is 0 Å². The Bertz CT molecular complexity index is 1280. The molecule has 0 bridgehead atoms. The monoisotopic (exact) mass is 607 g/mol. The maximum atomic E-state index is 10.3. The summed E-state index contributed by atoms with van der Waals surface area (Å²) in [7, 11) is 0. The van der Waals surface area contributed by atoms with Crippen molar-refractivity contribution >= 4 is 51.7 Å². The topological polar surface area (TPSA) is 175 Å². The lowest BCUT2D eigenvalue weighted by atomic mass is 10.0. The van der Waals surface area contributed by atoms with E-state index in [9.17, 15) is 19.8 Å². The van der Waals surface area contributed by atoms with Crippen LogP contribution in [0.5, 0.6) is 5.75 Å². The molecule has 0 spiro atoms. The lowest BCUT2D eigenvalue weighted by Gasteiger charge is -2.14. The van der Waals surface area contributed by atoms with Crippen molar-refractivity contribution in [3.05, 3.63) is 75.9 Å². The van der Waals surface area contributed by atoms with Gasteiger partial charge in [-0.05, 0) is 74.0 Å². The second-order valence-corrected chi connectivity index (χ2v) is 9.86. The van der Waals surface area contributed by atoms with E-state index >= 15 is 0 Å². The molecule has 1 heterocycles. The fourth-order valence-corrected chi connectivity index (χ4v) is 4.33. The minimum atomic E-state index is -1.26. The smallest absolute Gasteiger partial charge is 0.328 e. The highest BCUT2D eigenvalue weighted by Crippen LogP contribution is 2.31. The molecule has 3 aromatic rings. The van der Waals surface area contributed by atoms with Gasteiger partial charge in [0.15, 0.2) is 0 Å². The van der Waals surface area contributed by atoms with Crippen LogP contribution in [0.15, 0.2) is 54.7 Å². The van der Waals surface area contributed by atoms with Crippen LogP contribution < -0.4 is 11.1 Å². The van der Waals surface area contributed by atoms with Gasteiger partial charge in [0.25, 0.3) is 0 Å². The Labute approximate surface area is 248 Å². The number of benzene rings is 2. The summed E-state index contributed by atoms with van der Waals surface area (Å²) in [6.45, 7) is 2.69. The first-order valence-electron chi connectivity index (χ1n) is 13.0. The number of fused-ring (bicyclic) bond motifs is 1. The zero-order valence-electron chi connectivity index (χ0n) is 22.4. The normalized spacial score (nSPS) is 11.8. The van der Waals surface area contributed by atoms with Gasteiger partial charge in [0.05, 0.1) is 21.8 Å². The number of pyridine rings is 1. The van der Waals surface area contributed by atoms with Gasteiger partial charge in [0.2, 0.25) is 0 Å². The number of nitrogen functional groups attached to an aromatic ring is 1. The molecule has 0 amide bonds. The van der Waals surface area contributed by atoms with Gasteiger partial charge in [-0.1, -0.05) is 35.3 Å². The third-order valence-corrected chi connectivity index (χ3v) is 6.53. The van der Waals surface area contributed by atoms with Crippen molar-refractivity contribution in [3.8, 4) is 5.75 Å². The summed E-state index contributed by atoms with van der Waals surface area (Å²) in [6.07, 6.45) is 6.99. The van der Waals surface area contributed by atoms with E-state index < -0.39 is 18.0 Å². The first kappa shape index (κ1) is 33.8. The van der Waals surface area contributed by atoms with Crippen LogP contribution in [0.4, 0.5) is 5.69 Å². The van der Waals surface area contributed by atoms with Crippen molar-refractivity contribution in [2.45, 2.75) is 38.2 Å². The largest absolute Gasteiger partial charge is 0.506 e. The quantitative estimate of drug-likeness (QED) is 0.0784. The summed E-state index contributed by atoms with van der Waals surface area (Å²) in [5.74, 6) is -2.30. The maximum Gasteiger partial charge on any atom is 0.328 e. The summed E-state index contributed by atoms with van der Waals surface area (Å²) < 4.78 is 5.77. The average Bonchev–Trinajstić information content (AvgIpc) is 2.94. The molecule has 3 rings (SSSR count). The van der Waals surface area contributed by atoms with Gasteiger partial charge in [-0.2, -0.15) is 0 Å². The summed E-state index contributed by atoms with van der Waals surface area (Å²) >= 11 is 12.0. The molecule has 0 aliphatic heterocycles. The molecule has 2 aromatic carbocycles. The Morgan fingerprint density at radius 2 is 1.66 bits per heavy atom. The summed E-state index contributed by atoms with van der Waals surface area (Å²) in [4.78, 5) is 23.4. The molecule has 12 heteroatoms. The number of nitrogens with one attached hydrogen (secondary N) is 1. The number of phenolic OH excluding ortho intramolecular Hbond substituents is 1. The highest BCUT2D eigenvalue weighted by molar-refractivity contribution is 6.38. The van der Waals surface area contributed by atoms with Gasteiger partial charge in [-0.25, -0.2) is 9.59 Å². The summed E-state index contributed by atoms with van der Waals surface area (Å²) in [5, 5.41) is 40.8. The number of nitrogens with zero attached hydrogens (tertiary/aromatic N) is 1. The molecule has 10 nitrogen and oxygen atoms in total. The van der Waals surface area contributed by atoms with Crippen molar-refractivity contribution < 1.29 is 34.8 Å². The minimum Gasteiger partial charge on any atom is -0.506 e. The lowest BCUT2D eigenvalue weighted by Crippen LogP contribution is -2.22. The Balaban J connectivity index is 0.000000642. The van der Waals surface area contributed by atoms with Crippen molar-refractivity contribution in [2.75, 3.05) is 32.0 Å². The number of halogens is 2. The number of aromatic hydroxyl groups is 1. The van der Waals surface area contributed by atoms with Crippen LogP contribution in [0, 0.1) is 0 Å². The number of hydrogen-bond donors (Lipinski definition) is 6. The van der Waals surface area contributed by atoms with Crippen molar-refractivity contribution in [2.24, 2.45) is 0 Å². The van der Waals surface area contributed by atoms with Crippen LogP contribution in [-0.2, 0) is 20.7 Å². The number of phenols is 1. The molecule has 0 saturated heterocycles. The molecule has 0 aliphatic carbocycles. The Kier molecular flexibility index (Phi) is 14.9. The molecule has 7 N–H and O–H groups in total. The first-order valence-corrected chi connectivity index (χ1v) is 13.8. The molecule has 1 atom stereocenters. The third-order valence-electron chi connectivity index (χ3n) is 5.91. The summed E-state index contributed by atoms with van der Waals surface area (Å²) in [5.41, 5.74) is 8.53. The second-order valence-electron chi connectivity index (χ2n) is 9.05. The minimum absolute atomic E-state index is 0.216. The van der Waals surface area contributed by atoms with E-state index in [1.165, 1.54) is 5.56 Å². The summed E-state index contributed by atoms with van der Waals surface area (Å²) in [6, 6.07) is 10.8. The molecule has 1 unspecified atom stereocenters. The Morgan fingerprint density at radius 1 is 1.00 bits per heavy atom. The van der Waals surface area contributed by atoms with Gasteiger partial charge in [0, 0.05) is 43.5 Å². The predicted octanol–water partition coefficient (Wildman–Crippen LogP) is 4.98. The molecule has 222 valence electrons. The molecular weight excluding hydrogens is 573 g/mol. The van der Waals surface area contributed by atoms with Gasteiger partial charge in [-0.3, -0.25) is 4.98 Å². The molecule has 0 saturated carbocycles. The van der Waals surface area contributed by atoms with E-state index in [2.05, 4.69) is 10.3 Å². The molecular formula is C29H35Cl2N3O7. The van der Waals surface area contributed by atoms with Gasteiger partial charge < -0.3 is 36.2 Å². The van der Waals surface area contributed by atoms with Gasteiger partial charge in [0.1, 0.15) is 11.3 Å². The SMILES string of the molecule is Nc1c(Cl)cc(C(O)CNCCCCCOCCCc2ccc(O)c3ncccc23)cc1Cl.O=C(O)/C=C/C(=O)O. The zero-order chi connectivity index (χ0) is 30.2. The van der Waals surface area contributed by atoms with Gasteiger partial charge in [-0.15, -0.1) is 0 Å².